The fraction of sp³-hybridized carbons (Fsp3) is 0.391. The number of piperidine rings is 1. The predicted octanol–water partition coefficient (Wildman–Crippen LogP) is 4.55. The summed E-state index contributed by atoms with van der Waals surface area (Å²) in [4.78, 5) is 25.3. The first kappa shape index (κ1) is 24.1. The van der Waals surface area contributed by atoms with Gasteiger partial charge in [0, 0.05) is 46.7 Å². The SMILES string of the molecule is Cc1cnc(-c2cc(OC3CCCNC3)cc(C(=O)N[C@@H](C)c3cnc(C(F)(F)F)nc3)c2)s1. The van der Waals surface area contributed by atoms with Gasteiger partial charge < -0.3 is 15.4 Å². The first-order valence-corrected chi connectivity index (χ1v) is 11.7. The number of aromatic nitrogens is 3. The number of nitrogens with zero attached hydrogens (tertiary/aromatic N) is 3. The maximum absolute atomic E-state index is 13.1. The molecule has 1 aliphatic heterocycles. The van der Waals surface area contributed by atoms with Crippen LogP contribution in [0.4, 0.5) is 13.2 Å². The molecule has 3 aromatic rings. The highest BCUT2D eigenvalue weighted by Crippen LogP contribution is 2.31. The summed E-state index contributed by atoms with van der Waals surface area (Å²) in [6, 6.07) is 4.67. The highest BCUT2D eigenvalue weighted by atomic mass is 32.1. The summed E-state index contributed by atoms with van der Waals surface area (Å²) in [5.41, 5.74) is 1.48. The number of aryl methyl sites for hydroxylation is 1. The van der Waals surface area contributed by atoms with Crippen molar-refractivity contribution in [2.75, 3.05) is 13.1 Å². The van der Waals surface area contributed by atoms with Crippen molar-refractivity contribution < 1.29 is 22.7 Å². The average Bonchev–Trinajstić information content (AvgIpc) is 3.25. The van der Waals surface area contributed by atoms with E-state index in [0.717, 1.165) is 53.8 Å². The second-order valence-corrected chi connectivity index (χ2v) is 9.38. The Bertz CT molecular complexity index is 1140. The second kappa shape index (κ2) is 10.1. The summed E-state index contributed by atoms with van der Waals surface area (Å²) < 4.78 is 44.3. The van der Waals surface area contributed by atoms with Crippen LogP contribution in [-0.4, -0.2) is 40.1 Å². The lowest BCUT2D eigenvalue weighted by molar-refractivity contribution is -0.145. The minimum absolute atomic E-state index is 0.00108. The van der Waals surface area contributed by atoms with Crippen molar-refractivity contribution >= 4 is 17.2 Å². The highest BCUT2D eigenvalue weighted by molar-refractivity contribution is 7.14. The van der Waals surface area contributed by atoms with Crippen LogP contribution in [0.15, 0.2) is 36.8 Å². The number of alkyl halides is 3. The number of carbonyl (C=O) groups is 1. The molecule has 1 aromatic carbocycles. The van der Waals surface area contributed by atoms with E-state index in [1.807, 2.05) is 13.0 Å². The molecule has 180 valence electrons. The van der Waals surface area contributed by atoms with Crippen LogP contribution in [0.5, 0.6) is 5.75 Å². The molecule has 11 heteroatoms. The van der Waals surface area contributed by atoms with Crippen molar-refractivity contribution in [3.05, 3.63) is 58.6 Å². The van der Waals surface area contributed by atoms with Gasteiger partial charge in [-0.05, 0) is 51.4 Å². The van der Waals surface area contributed by atoms with Gasteiger partial charge in [-0.2, -0.15) is 13.2 Å². The van der Waals surface area contributed by atoms with E-state index in [1.54, 1.807) is 25.3 Å². The summed E-state index contributed by atoms with van der Waals surface area (Å²) in [6.07, 6.45) is 1.21. The Hall–Kier alpha value is -3.05. The Morgan fingerprint density at radius 1 is 1.21 bits per heavy atom. The van der Waals surface area contributed by atoms with Crippen LogP contribution in [-0.2, 0) is 6.18 Å². The number of hydrogen-bond donors (Lipinski definition) is 2. The van der Waals surface area contributed by atoms with E-state index in [9.17, 15) is 18.0 Å². The molecular weight excluding hydrogens is 467 g/mol. The van der Waals surface area contributed by atoms with Crippen LogP contribution in [0.3, 0.4) is 0 Å². The molecule has 0 saturated carbocycles. The second-order valence-electron chi connectivity index (χ2n) is 8.14. The Morgan fingerprint density at radius 3 is 2.59 bits per heavy atom. The third kappa shape index (κ3) is 5.89. The Labute approximate surface area is 198 Å². The number of ether oxygens (including phenoxy) is 1. The van der Waals surface area contributed by atoms with Crippen molar-refractivity contribution in [1.29, 1.82) is 0 Å². The molecule has 2 N–H and O–H groups in total. The molecule has 0 aliphatic carbocycles. The summed E-state index contributed by atoms with van der Waals surface area (Å²) in [5, 5.41) is 6.87. The first-order valence-electron chi connectivity index (χ1n) is 10.8. The molecule has 7 nitrogen and oxygen atoms in total. The molecule has 1 saturated heterocycles. The smallest absolute Gasteiger partial charge is 0.451 e. The lowest BCUT2D eigenvalue weighted by Gasteiger charge is -2.24. The largest absolute Gasteiger partial charge is 0.489 e. The van der Waals surface area contributed by atoms with Gasteiger partial charge in [0.1, 0.15) is 16.9 Å². The number of benzene rings is 1. The van der Waals surface area contributed by atoms with Gasteiger partial charge in [-0.15, -0.1) is 11.3 Å². The Kier molecular flexibility index (Phi) is 7.13. The fourth-order valence-corrected chi connectivity index (χ4v) is 4.35. The monoisotopic (exact) mass is 491 g/mol. The third-order valence-corrected chi connectivity index (χ3v) is 6.33. The zero-order valence-electron chi connectivity index (χ0n) is 18.6. The molecule has 4 rings (SSSR count). The number of rotatable bonds is 6. The van der Waals surface area contributed by atoms with Gasteiger partial charge in [-0.25, -0.2) is 15.0 Å². The average molecular weight is 492 g/mol. The number of halogens is 3. The Balaban J connectivity index is 1.56. The van der Waals surface area contributed by atoms with Crippen molar-refractivity contribution in [2.24, 2.45) is 0 Å². The van der Waals surface area contributed by atoms with Crippen molar-refractivity contribution in [2.45, 2.75) is 45.0 Å². The number of hydrogen-bond acceptors (Lipinski definition) is 7. The summed E-state index contributed by atoms with van der Waals surface area (Å²) in [5.74, 6) is -1.05. The number of thiazole rings is 1. The molecule has 2 aromatic heterocycles. The number of nitrogens with one attached hydrogen (secondary N) is 2. The van der Waals surface area contributed by atoms with Crippen molar-refractivity contribution in [1.82, 2.24) is 25.6 Å². The fourth-order valence-electron chi connectivity index (χ4n) is 3.59. The van der Waals surface area contributed by atoms with E-state index in [4.69, 9.17) is 4.74 Å². The highest BCUT2D eigenvalue weighted by Gasteiger charge is 2.34. The summed E-state index contributed by atoms with van der Waals surface area (Å²) in [6.45, 7) is 5.30. The van der Waals surface area contributed by atoms with Crippen LogP contribution < -0.4 is 15.4 Å². The van der Waals surface area contributed by atoms with Crippen molar-refractivity contribution in [3.63, 3.8) is 0 Å². The van der Waals surface area contributed by atoms with Gasteiger partial charge in [0.2, 0.25) is 5.82 Å². The van der Waals surface area contributed by atoms with Crippen LogP contribution in [0.25, 0.3) is 10.6 Å². The van der Waals surface area contributed by atoms with E-state index in [0.29, 0.717) is 16.9 Å². The lowest BCUT2D eigenvalue weighted by atomic mass is 10.1. The predicted molar refractivity (Wildman–Crippen MR) is 122 cm³/mol. The van der Waals surface area contributed by atoms with Crippen LogP contribution >= 0.6 is 11.3 Å². The molecular formula is C23H24F3N5O2S. The van der Waals surface area contributed by atoms with E-state index in [-0.39, 0.29) is 6.10 Å². The molecule has 3 heterocycles. The van der Waals surface area contributed by atoms with Crippen LogP contribution in [0.1, 0.15) is 52.4 Å². The summed E-state index contributed by atoms with van der Waals surface area (Å²) >= 11 is 1.51. The maximum Gasteiger partial charge on any atom is 0.451 e. The zero-order valence-corrected chi connectivity index (χ0v) is 19.5. The number of carbonyl (C=O) groups excluding carboxylic acids is 1. The number of amides is 1. The van der Waals surface area contributed by atoms with Gasteiger partial charge in [0.05, 0.1) is 6.04 Å². The zero-order chi connectivity index (χ0) is 24.3. The molecule has 0 bridgehead atoms. The van der Waals surface area contributed by atoms with E-state index < -0.39 is 23.9 Å². The molecule has 0 spiro atoms. The summed E-state index contributed by atoms with van der Waals surface area (Å²) in [7, 11) is 0. The molecule has 1 aliphatic rings. The molecule has 2 atom stereocenters. The van der Waals surface area contributed by atoms with Gasteiger partial charge in [0.25, 0.3) is 5.91 Å². The molecule has 1 fully saturated rings. The van der Waals surface area contributed by atoms with Crippen LogP contribution in [0.2, 0.25) is 0 Å². The molecule has 0 radical (unpaired) electrons. The molecule has 1 unspecified atom stereocenters. The van der Waals surface area contributed by atoms with E-state index in [2.05, 4.69) is 25.6 Å². The normalized spacial score (nSPS) is 17.3. The molecule has 34 heavy (non-hydrogen) atoms. The lowest BCUT2D eigenvalue weighted by Crippen LogP contribution is -2.37. The van der Waals surface area contributed by atoms with Gasteiger partial charge in [-0.3, -0.25) is 4.79 Å². The first-order chi connectivity index (χ1) is 16.2. The topological polar surface area (TPSA) is 89.0 Å². The Morgan fingerprint density at radius 2 is 1.97 bits per heavy atom. The maximum atomic E-state index is 13.1. The van der Waals surface area contributed by atoms with E-state index >= 15 is 0 Å². The van der Waals surface area contributed by atoms with Gasteiger partial charge >= 0.3 is 6.18 Å². The third-order valence-electron chi connectivity index (χ3n) is 5.36. The molecule has 1 amide bonds. The minimum atomic E-state index is -4.62. The standard InChI is InChI=1S/C23H24F3N5O2S/c1-13-9-28-21(34-13)16-6-15(7-19(8-16)33-18-4-3-5-27-12-18)20(32)31-14(2)17-10-29-22(30-11-17)23(24,25)26/h6-11,14,18,27H,3-5,12H2,1-2H3,(H,31,32)/t14-,18?/m0/s1. The van der Waals surface area contributed by atoms with E-state index in [1.165, 1.54) is 11.3 Å². The van der Waals surface area contributed by atoms with Gasteiger partial charge in [0.15, 0.2) is 0 Å². The minimum Gasteiger partial charge on any atom is -0.489 e. The quantitative estimate of drug-likeness (QED) is 0.526. The van der Waals surface area contributed by atoms with Gasteiger partial charge in [-0.1, -0.05) is 0 Å². The van der Waals surface area contributed by atoms with Crippen molar-refractivity contribution in [3.8, 4) is 16.3 Å². The van der Waals surface area contributed by atoms with Crippen LogP contribution in [0, 0.1) is 6.92 Å².